The number of anilines is 1. The zero-order valence-corrected chi connectivity index (χ0v) is 13.1. The minimum Gasteiger partial charge on any atom is -0.378 e. The molecule has 0 heterocycles. The summed E-state index contributed by atoms with van der Waals surface area (Å²) in [6, 6.07) is 15.9. The first-order valence-corrected chi connectivity index (χ1v) is 7.15. The number of hydrogen-bond donors (Lipinski definition) is 1. The largest absolute Gasteiger partial charge is 0.378 e. The number of thiocarbonyl (C=S) groups is 1. The van der Waals surface area contributed by atoms with Gasteiger partial charge in [-0.1, -0.05) is 42.0 Å². The molecule has 2 aromatic rings. The van der Waals surface area contributed by atoms with Crippen molar-refractivity contribution in [1.29, 1.82) is 0 Å². The molecule has 0 bridgehead atoms. The van der Waals surface area contributed by atoms with E-state index < -0.39 is 0 Å². The second kappa shape index (κ2) is 6.73. The molecule has 0 saturated heterocycles. The minimum atomic E-state index is 0.633. The molecule has 2 nitrogen and oxygen atoms in total. The molecule has 4 heteroatoms. The van der Waals surface area contributed by atoms with Gasteiger partial charge in [-0.3, -0.25) is 0 Å². The van der Waals surface area contributed by atoms with Crippen LogP contribution in [0, 0.1) is 0 Å². The van der Waals surface area contributed by atoms with E-state index in [1.807, 2.05) is 50.5 Å². The molecule has 0 aliphatic rings. The van der Waals surface area contributed by atoms with Crippen LogP contribution in [0.3, 0.4) is 0 Å². The summed E-state index contributed by atoms with van der Waals surface area (Å²) in [5.41, 5.74) is 3.21. The van der Waals surface area contributed by atoms with Gasteiger partial charge in [-0.05, 0) is 35.9 Å². The van der Waals surface area contributed by atoms with Crippen LogP contribution in [0.2, 0.25) is 5.02 Å². The van der Waals surface area contributed by atoms with E-state index in [9.17, 15) is 0 Å². The number of rotatable bonds is 4. The van der Waals surface area contributed by atoms with Crippen LogP contribution in [0.5, 0.6) is 0 Å². The summed E-state index contributed by atoms with van der Waals surface area (Å²) in [5, 5.41) is 3.99. The average Bonchev–Trinajstić information content (AvgIpc) is 2.46. The molecule has 0 unspecified atom stereocenters. The molecule has 0 aliphatic heterocycles. The quantitative estimate of drug-likeness (QED) is 0.863. The molecular formula is C16H17ClN2S. The third-order valence-corrected chi connectivity index (χ3v) is 3.79. The van der Waals surface area contributed by atoms with E-state index in [0.29, 0.717) is 6.54 Å². The third-order valence-electron chi connectivity index (χ3n) is 3.04. The molecule has 104 valence electrons. The fourth-order valence-electron chi connectivity index (χ4n) is 1.83. The van der Waals surface area contributed by atoms with Gasteiger partial charge in [-0.2, -0.15) is 0 Å². The maximum atomic E-state index is 6.12. The van der Waals surface area contributed by atoms with Gasteiger partial charge in [0.05, 0.1) is 0 Å². The first kappa shape index (κ1) is 14.8. The molecule has 0 aromatic heterocycles. The van der Waals surface area contributed by atoms with E-state index in [0.717, 1.165) is 26.8 Å². The SMILES string of the molecule is CN(C)c1ccc(C(=S)NCc2ccccc2Cl)cc1. The van der Waals surface area contributed by atoms with Gasteiger partial charge in [0.15, 0.2) is 0 Å². The van der Waals surface area contributed by atoms with Gasteiger partial charge in [0, 0.05) is 36.9 Å². The van der Waals surface area contributed by atoms with Gasteiger partial charge >= 0.3 is 0 Å². The molecule has 0 amide bonds. The monoisotopic (exact) mass is 304 g/mol. The molecule has 0 fully saturated rings. The van der Waals surface area contributed by atoms with E-state index in [1.54, 1.807) is 0 Å². The van der Waals surface area contributed by atoms with Crippen LogP contribution in [0.4, 0.5) is 5.69 Å². The maximum absolute atomic E-state index is 6.12. The van der Waals surface area contributed by atoms with E-state index in [-0.39, 0.29) is 0 Å². The van der Waals surface area contributed by atoms with Crippen LogP contribution >= 0.6 is 23.8 Å². The number of hydrogen-bond acceptors (Lipinski definition) is 2. The highest BCUT2D eigenvalue weighted by Crippen LogP contribution is 2.15. The van der Waals surface area contributed by atoms with Crippen molar-refractivity contribution in [2.75, 3.05) is 19.0 Å². The topological polar surface area (TPSA) is 15.3 Å². The van der Waals surface area contributed by atoms with Crippen LogP contribution in [-0.2, 0) is 6.54 Å². The standard InChI is InChI=1S/C16H17ClN2S/c1-19(2)14-9-7-12(8-10-14)16(20)18-11-13-5-3-4-6-15(13)17/h3-10H,11H2,1-2H3,(H,18,20). The fourth-order valence-corrected chi connectivity index (χ4v) is 2.24. The smallest absolute Gasteiger partial charge is 0.106 e. The highest BCUT2D eigenvalue weighted by Gasteiger charge is 2.03. The van der Waals surface area contributed by atoms with E-state index in [1.165, 1.54) is 0 Å². The summed E-state index contributed by atoms with van der Waals surface area (Å²) in [5.74, 6) is 0. The Morgan fingerprint density at radius 3 is 2.35 bits per heavy atom. The number of halogens is 1. The van der Waals surface area contributed by atoms with Crippen molar-refractivity contribution in [2.24, 2.45) is 0 Å². The van der Waals surface area contributed by atoms with E-state index >= 15 is 0 Å². The zero-order valence-electron chi connectivity index (χ0n) is 11.6. The average molecular weight is 305 g/mol. The van der Waals surface area contributed by atoms with Gasteiger partial charge in [-0.15, -0.1) is 0 Å². The molecule has 0 spiro atoms. The first-order chi connectivity index (χ1) is 9.58. The Morgan fingerprint density at radius 2 is 1.75 bits per heavy atom. The normalized spacial score (nSPS) is 10.2. The molecule has 0 saturated carbocycles. The van der Waals surface area contributed by atoms with Crippen molar-refractivity contribution < 1.29 is 0 Å². The number of benzene rings is 2. The van der Waals surface area contributed by atoms with Crippen molar-refractivity contribution in [2.45, 2.75) is 6.54 Å². The van der Waals surface area contributed by atoms with Crippen molar-refractivity contribution >= 4 is 34.5 Å². The van der Waals surface area contributed by atoms with Crippen LogP contribution in [0.15, 0.2) is 48.5 Å². The van der Waals surface area contributed by atoms with Crippen molar-refractivity contribution in [3.63, 3.8) is 0 Å². The summed E-state index contributed by atoms with van der Waals surface area (Å²) >= 11 is 11.5. The lowest BCUT2D eigenvalue weighted by molar-refractivity contribution is 0.929. The van der Waals surface area contributed by atoms with Gasteiger partial charge < -0.3 is 10.2 Å². The maximum Gasteiger partial charge on any atom is 0.106 e. The fraction of sp³-hybridized carbons (Fsp3) is 0.188. The number of nitrogens with one attached hydrogen (secondary N) is 1. The Bertz CT molecular complexity index is 594. The van der Waals surface area contributed by atoms with Gasteiger partial charge in [0.25, 0.3) is 0 Å². The summed E-state index contributed by atoms with van der Waals surface area (Å²) in [6.45, 7) is 0.633. The first-order valence-electron chi connectivity index (χ1n) is 6.37. The van der Waals surface area contributed by atoms with Gasteiger partial charge in [0.1, 0.15) is 4.99 Å². The lowest BCUT2D eigenvalue weighted by Gasteiger charge is -2.14. The van der Waals surface area contributed by atoms with E-state index in [2.05, 4.69) is 22.3 Å². The van der Waals surface area contributed by atoms with Gasteiger partial charge in [0.2, 0.25) is 0 Å². The lowest BCUT2D eigenvalue weighted by atomic mass is 10.2. The van der Waals surface area contributed by atoms with Crippen LogP contribution in [0.25, 0.3) is 0 Å². The summed E-state index contributed by atoms with van der Waals surface area (Å²) in [6.07, 6.45) is 0. The molecule has 1 N–H and O–H groups in total. The molecule has 20 heavy (non-hydrogen) atoms. The van der Waals surface area contributed by atoms with Crippen molar-refractivity contribution in [3.8, 4) is 0 Å². The summed E-state index contributed by atoms with van der Waals surface area (Å²) in [4.78, 5) is 2.79. The Labute approximate surface area is 130 Å². The highest BCUT2D eigenvalue weighted by molar-refractivity contribution is 7.80. The Morgan fingerprint density at radius 1 is 1.10 bits per heavy atom. The third kappa shape index (κ3) is 3.71. The molecule has 0 radical (unpaired) electrons. The van der Waals surface area contributed by atoms with Crippen LogP contribution < -0.4 is 10.2 Å². The highest BCUT2D eigenvalue weighted by atomic mass is 35.5. The van der Waals surface area contributed by atoms with Crippen LogP contribution in [-0.4, -0.2) is 19.1 Å². The predicted octanol–water partition coefficient (Wildman–Crippen LogP) is 3.87. The second-order valence-corrected chi connectivity index (χ2v) is 5.53. The number of nitrogens with zero attached hydrogens (tertiary/aromatic N) is 1. The predicted molar refractivity (Wildman–Crippen MR) is 90.8 cm³/mol. The molecule has 2 rings (SSSR count). The Hall–Kier alpha value is -1.58. The van der Waals surface area contributed by atoms with Crippen molar-refractivity contribution in [1.82, 2.24) is 5.32 Å². The van der Waals surface area contributed by atoms with Crippen molar-refractivity contribution in [3.05, 3.63) is 64.7 Å². The molecule has 2 aromatic carbocycles. The minimum absolute atomic E-state index is 0.633. The molecular weight excluding hydrogens is 288 g/mol. The summed E-state index contributed by atoms with van der Waals surface area (Å²) in [7, 11) is 4.03. The zero-order chi connectivity index (χ0) is 14.5. The second-order valence-electron chi connectivity index (χ2n) is 4.72. The Kier molecular flexibility index (Phi) is 4.99. The molecule has 0 atom stereocenters. The van der Waals surface area contributed by atoms with Gasteiger partial charge in [-0.25, -0.2) is 0 Å². The van der Waals surface area contributed by atoms with E-state index in [4.69, 9.17) is 23.8 Å². The lowest BCUT2D eigenvalue weighted by Crippen LogP contribution is -2.22. The summed E-state index contributed by atoms with van der Waals surface area (Å²) < 4.78 is 0. The molecule has 0 aliphatic carbocycles. The Balaban J connectivity index is 2.00. The van der Waals surface area contributed by atoms with Crippen LogP contribution in [0.1, 0.15) is 11.1 Å².